The summed E-state index contributed by atoms with van der Waals surface area (Å²) in [6, 6.07) is 8.41. The molecule has 0 spiro atoms. The molecule has 1 atom stereocenters. The Balaban J connectivity index is 1.69. The number of hydrogen-bond donors (Lipinski definition) is 1. The van der Waals surface area contributed by atoms with Crippen LogP contribution in [0.25, 0.3) is 0 Å². The van der Waals surface area contributed by atoms with Gasteiger partial charge in [0, 0.05) is 26.2 Å². The van der Waals surface area contributed by atoms with E-state index in [9.17, 15) is 17.4 Å². The molecule has 2 aromatic rings. The number of benzene rings is 1. The van der Waals surface area contributed by atoms with E-state index in [1.807, 2.05) is 0 Å². The van der Waals surface area contributed by atoms with Crippen molar-refractivity contribution in [3.05, 3.63) is 48.4 Å². The SMILES string of the molecule is O=C(c1ccco1)N1CCN(S(=O)(=O)c2ccc(S(=O)O)cc2)CC1. The predicted octanol–water partition coefficient (Wildman–Crippen LogP) is 1.01. The molecule has 1 aromatic heterocycles. The molecule has 0 saturated carbocycles. The number of furan rings is 1. The lowest BCUT2D eigenvalue weighted by molar-refractivity contribution is 0.0666. The highest BCUT2D eigenvalue weighted by atomic mass is 32.2. The minimum Gasteiger partial charge on any atom is -0.459 e. The third-order valence-electron chi connectivity index (χ3n) is 3.92. The van der Waals surface area contributed by atoms with E-state index in [1.54, 1.807) is 17.0 Å². The average Bonchev–Trinajstić information content (AvgIpc) is 3.16. The van der Waals surface area contributed by atoms with Crippen molar-refractivity contribution in [3.63, 3.8) is 0 Å². The van der Waals surface area contributed by atoms with E-state index in [2.05, 4.69) is 0 Å². The minimum absolute atomic E-state index is 0.0486. The van der Waals surface area contributed by atoms with Crippen molar-refractivity contribution in [2.75, 3.05) is 26.2 Å². The molecule has 1 aromatic carbocycles. The summed E-state index contributed by atoms with van der Waals surface area (Å²) < 4.78 is 51.6. The lowest BCUT2D eigenvalue weighted by Gasteiger charge is -2.33. The van der Waals surface area contributed by atoms with Gasteiger partial charge in [0.25, 0.3) is 5.91 Å². The summed E-state index contributed by atoms with van der Waals surface area (Å²) in [5.41, 5.74) is 0. The zero-order valence-electron chi connectivity index (χ0n) is 13.1. The van der Waals surface area contributed by atoms with Crippen molar-refractivity contribution in [1.82, 2.24) is 9.21 Å². The molecule has 134 valence electrons. The van der Waals surface area contributed by atoms with Gasteiger partial charge in [0.15, 0.2) is 16.8 Å². The molecule has 1 aliphatic rings. The van der Waals surface area contributed by atoms with Crippen molar-refractivity contribution in [2.24, 2.45) is 0 Å². The van der Waals surface area contributed by atoms with Gasteiger partial charge < -0.3 is 13.9 Å². The van der Waals surface area contributed by atoms with Gasteiger partial charge in [-0.05, 0) is 36.4 Å². The second kappa shape index (κ2) is 7.08. The van der Waals surface area contributed by atoms with E-state index in [-0.39, 0.29) is 47.6 Å². The summed E-state index contributed by atoms with van der Waals surface area (Å²) in [4.78, 5) is 13.9. The number of sulfonamides is 1. The standard InChI is InChI=1S/C15H16N2O6S2/c18-15(14-2-1-11-23-14)16-7-9-17(10-8-16)25(21,22)13-5-3-12(4-6-13)24(19)20/h1-6,11H,7-10H2,(H,19,20). The summed E-state index contributed by atoms with van der Waals surface area (Å²) in [6.07, 6.45) is 1.41. The van der Waals surface area contributed by atoms with Crippen molar-refractivity contribution >= 4 is 27.0 Å². The minimum atomic E-state index is -3.72. The van der Waals surface area contributed by atoms with Crippen molar-refractivity contribution < 1.29 is 26.4 Å². The topological polar surface area (TPSA) is 108 Å². The van der Waals surface area contributed by atoms with Crippen LogP contribution in [0.5, 0.6) is 0 Å². The van der Waals surface area contributed by atoms with Gasteiger partial charge in [-0.2, -0.15) is 4.31 Å². The average molecular weight is 384 g/mol. The van der Waals surface area contributed by atoms with E-state index >= 15 is 0 Å². The molecule has 3 rings (SSSR count). The first-order valence-electron chi connectivity index (χ1n) is 7.43. The second-order valence-electron chi connectivity index (χ2n) is 5.39. The Morgan fingerprint density at radius 2 is 1.72 bits per heavy atom. The molecule has 25 heavy (non-hydrogen) atoms. The fourth-order valence-electron chi connectivity index (χ4n) is 2.56. The highest BCUT2D eigenvalue weighted by molar-refractivity contribution is 7.89. The van der Waals surface area contributed by atoms with Crippen molar-refractivity contribution in [2.45, 2.75) is 9.79 Å². The van der Waals surface area contributed by atoms with Crippen LogP contribution < -0.4 is 0 Å². The normalized spacial score (nSPS) is 17.4. The fraction of sp³-hybridized carbons (Fsp3) is 0.267. The molecule has 1 N–H and O–H groups in total. The maximum atomic E-state index is 12.6. The first-order chi connectivity index (χ1) is 11.9. The van der Waals surface area contributed by atoms with Gasteiger partial charge in [0.05, 0.1) is 16.1 Å². The van der Waals surface area contributed by atoms with Gasteiger partial charge in [-0.3, -0.25) is 4.79 Å². The summed E-state index contributed by atoms with van der Waals surface area (Å²) in [5.74, 6) is -0.0410. The van der Waals surface area contributed by atoms with Crippen molar-refractivity contribution in [1.29, 1.82) is 0 Å². The van der Waals surface area contributed by atoms with Gasteiger partial charge >= 0.3 is 0 Å². The van der Waals surface area contributed by atoms with E-state index in [1.165, 1.54) is 34.8 Å². The van der Waals surface area contributed by atoms with Crippen LogP contribution in [0.3, 0.4) is 0 Å². The first-order valence-corrected chi connectivity index (χ1v) is 9.98. The summed E-state index contributed by atoms with van der Waals surface area (Å²) >= 11 is -2.16. The molecule has 0 bridgehead atoms. The van der Waals surface area contributed by atoms with Gasteiger partial charge in [-0.15, -0.1) is 0 Å². The monoisotopic (exact) mass is 384 g/mol. The number of nitrogens with zero attached hydrogens (tertiary/aromatic N) is 2. The molecule has 1 aliphatic heterocycles. The van der Waals surface area contributed by atoms with Gasteiger partial charge in [0.2, 0.25) is 10.0 Å². The molecule has 2 heterocycles. The Morgan fingerprint density at radius 3 is 2.24 bits per heavy atom. The van der Waals surface area contributed by atoms with Gasteiger partial charge in [-0.1, -0.05) is 0 Å². The summed E-state index contributed by atoms with van der Waals surface area (Å²) in [6.45, 7) is 0.861. The third kappa shape index (κ3) is 3.66. The number of hydrogen-bond acceptors (Lipinski definition) is 5. The van der Waals surface area contributed by atoms with Crippen molar-refractivity contribution in [3.8, 4) is 0 Å². The van der Waals surface area contributed by atoms with Crippen LogP contribution >= 0.6 is 0 Å². The molecule has 0 aliphatic carbocycles. The molecule has 1 fully saturated rings. The number of piperazine rings is 1. The molecule has 1 saturated heterocycles. The molecule has 1 amide bonds. The van der Waals surface area contributed by atoms with Crippen LogP contribution in [-0.2, 0) is 21.1 Å². The molecule has 1 unspecified atom stereocenters. The zero-order chi connectivity index (χ0) is 18.0. The molecule has 8 nitrogen and oxygen atoms in total. The quantitative estimate of drug-likeness (QED) is 0.788. The number of amides is 1. The molecular weight excluding hydrogens is 368 g/mol. The predicted molar refractivity (Wildman–Crippen MR) is 88.8 cm³/mol. The lowest BCUT2D eigenvalue weighted by Crippen LogP contribution is -2.50. The number of carbonyl (C=O) groups excluding carboxylic acids is 1. The lowest BCUT2D eigenvalue weighted by atomic mass is 10.3. The molecular formula is C15H16N2O6S2. The van der Waals surface area contributed by atoms with Crippen LogP contribution in [0.4, 0.5) is 0 Å². The number of rotatable bonds is 4. The maximum Gasteiger partial charge on any atom is 0.289 e. The molecule has 10 heteroatoms. The first kappa shape index (κ1) is 17.8. The Morgan fingerprint density at radius 1 is 1.08 bits per heavy atom. The van der Waals surface area contributed by atoms with Crippen LogP contribution in [-0.4, -0.2) is 58.5 Å². The highest BCUT2D eigenvalue weighted by Crippen LogP contribution is 2.20. The van der Waals surface area contributed by atoms with Crippen LogP contribution in [0.1, 0.15) is 10.6 Å². The highest BCUT2D eigenvalue weighted by Gasteiger charge is 2.31. The molecule has 0 radical (unpaired) electrons. The zero-order valence-corrected chi connectivity index (χ0v) is 14.7. The Labute approximate surface area is 147 Å². The maximum absolute atomic E-state index is 12.6. The van der Waals surface area contributed by atoms with Crippen LogP contribution in [0.2, 0.25) is 0 Å². The second-order valence-corrected chi connectivity index (χ2v) is 8.30. The van der Waals surface area contributed by atoms with E-state index in [4.69, 9.17) is 8.97 Å². The van der Waals surface area contributed by atoms with Gasteiger partial charge in [0.1, 0.15) is 0 Å². The Hall–Kier alpha value is -2.01. The van der Waals surface area contributed by atoms with Crippen LogP contribution in [0, 0.1) is 0 Å². The van der Waals surface area contributed by atoms with Crippen LogP contribution in [0.15, 0.2) is 56.9 Å². The van der Waals surface area contributed by atoms with E-state index in [0.717, 1.165) is 0 Å². The van der Waals surface area contributed by atoms with E-state index in [0.29, 0.717) is 0 Å². The number of carbonyl (C=O) groups is 1. The Bertz CT molecular complexity index is 869. The summed E-state index contributed by atoms with van der Waals surface area (Å²) in [5, 5.41) is 0. The smallest absolute Gasteiger partial charge is 0.289 e. The largest absolute Gasteiger partial charge is 0.459 e. The van der Waals surface area contributed by atoms with Gasteiger partial charge in [-0.25, -0.2) is 12.6 Å². The summed E-state index contributed by atoms with van der Waals surface area (Å²) in [7, 11) is -3.72. The fourth-order valence-corrected chi connectivity index (χ4v) is 4.36. The van der Waals surface area contributed by atoms with E-state index < -0.39 is 21.1 Å². The third-order valence-corrected chi connectivity index (χ3v) is 6.51. The Kier molecular flexibility index (Phi) is 5.04.